The quantitative estimate of drug-likeness (QED) is 0.921. The standard InChI is InChI=1S/C17H16FNO4S/c1-11-5-4-8-15(17(11)18)24(22,23)19-10-12(9-16(20)21)13-6-2-3-7-14(13)19/h2-8,12H,9-10H2,1H3,(H,20,21). The summed E-state index contributed by atoms with van der Waals surface area (Å²) in [7, 11) is -4.11. The van der Waals surface area contributed by atoms with Crippen molar-refractivity contribution in [2.75, 3.05) is 10.8 Å². The van der Waals surface area contributed by atoms with E-state index in [4.69, 9.17) is 5.11 Å². The van der Waals surface area contributed by atoms with Crippen molar-refractivity contribution in [2.45, 2.75) is 24.2 Å². The fourth-order valence-corrected chi connectivity index (χ4v) is 4.68. The van der Waals surface area contributed by atoms with Crippen LogP contribution in [0.3, 0.4) is 0 Å². The minimum Gasteiger partial charge on any atom is -0.481 e. The molecule has 0 aromatic heterocycles. The summed E-state index contributed by atoms with van der Waals surface area (Å²) in [6.07, 6.45) is -0.181. The van der Waals surface area contributed by atoms with E-state index in [0.717, 1.165) is 4.31 Å². The second kappa shape index (κ2) is 5.90. The Bertz CT molecular complexity index is 911. The summed E-state index contributed by atoms with van der Waals surface area (Å²) >= 11 is 0. The van der Waals surface area contributed by atoms with Gasteiger partial charge in [0, 0.05) is 12.5 Å². The number of nitrogens with zero attached hydrogens (tertiary/aromatic N) is 1. The van der Waals surface area contributed by atoms with E-state index in [-0.39, 0.29) is 18.5 Å². The average molecular weight is 349 g/mol. The highest BCUT2D eigenvalue weighted by Crippen LogP contribution is 2.41. The normalized spacial score (nSPS) is 16.9. The Morgan fingerprint density at radius 3 is 2.67 bits per heavy atom. The molecule has 1 aliphatic heterocycles. The molecule has 1 atom stereocenters. The first-order valence-corrected chi connectivity index (χ1v) is 8.85. The first-order valence-electron chi connectivity index (χ1n) is 7.41. The molecule has 0 saturated heterocycles. The summed E-state index contributed by atoms with van der Waals surface area (Å²) < 4.78 is 41.3. The van der Waals surface area contributed by atoms with Gasteiger partial charge in [-0.05, 0) is 30.2 Å². The number of anilines is 1. The maximum atomic E-state index is 14.3. The van der Waals surface area contributed by atoms with Gasteiger partial charge in [-0.15, -0.1) is 0 Å². The summed E-state index contributed by atoms with van der Waals surface area (Å²) in [5.41, 5.74) is 1.30. The highest BCUT2D eigenvalue weighted by molar-refractivity contribution is 7.92. The number of sulfonamides is 1. The van der Waals surface area contributed by atoms with Gasteiger partial charge in [-0.2, -0.15) is 0 Å². The minimum absolute atomic E-state index is 0.0125. The third-order valence-corrected chi connectivity index (χ3v) is 5.97. The zero-order chi connectivity index (χ0) is 17.5. The van der Waals surface area contributed by atoms with Gasteiger partial charge < -0.3 is 5.11 Å². The summed E-state index contributed by atoms with van der Waals surface area (Å²) in [6, 6.07) is 11.0. The van der Waals surface area contributed by atoms with Gasteiger partial charge in [0.2, 0.25) is 0 Å². The van der Waals surface area contributed by atoms with E-state index in [1.165, 1.54) is 25.1 Å². The summed E-state index contributed by atoms with van der Waals surface area (Å²) in [4.78, 5) is 10.7. The fraction of sp³-hybridized carbons (Fsp3) is 0.235. The lowest BCUT2D eigenvalue weighted by atomic mass is 9.98. The van der Waals surface area contributed by atoms with Crippen LogP contribution in [0, 0.1) is 12.7 Å². The predicted molar refractivity (Wildman–Crippen MR) is 87.1 cm³/mol. The molecule has 0 bridgehead atoms. The molecule has 1 aliphatic rings. The molecule has 0 aliphatic carbocycles. The molecule has 5 nitrogen and oxygen atoms in total. The highest BCUT2D eigenvalue weighted by atomic mass is 32.2. The Morgan fingerprint density at radius 2 is 1.96 bits per heavy atom. The second-order valence-electron chi connectivity index (χ2n) is 5.78. The van der Waals surface area contributed by atoms with Crippen molar-refractivity contribution in [1.29, 1.82) is 0 Å². The zero-order valence-electron chi connectivity index (χ0n) is 12.9. The van der Waals surface area contributed by atoms with Crippen molar-refractivity contribution in [3.63, 3.8) is 0 Å². The summed E-state index contributed by atoms with van der Waals surface area (Å²) in [6.45, 7) is 1.49. The van der Waals surface area contributed by atoms with Crippen LogP contribution in [0.5, 0.6) is 0 Å². The van der Waals surface area contributed by atoms with Crippen LogP contribution in [0.2, 0.25) is 0 Å². The highest BCUT2D eigenvalue weighted by Gasteiger charge is 2.38. The number of para-hydroxylation sites is 1. The van der Waals surface area contributed by atoms with E-state index < -0.39 is 32.6 Å². The van der Waals surface area contributed by atoms with E-state index >= 15 is 0 Å². The van der Waals surface area contributed by atoms with Crippen LogP contribution >= 0.6 is 0 Å². The number of benzene rings is 2. The maximum Gasteiger partial charge on any atom is 0.304 e. The van der Waals surface area contributed by atoms with Crippen LogP contribution in [-0.4, -0.2) is 26.0 Å². The Labute approximate surface area is 139 Å². The zero-order valence-corrected chi connectivity index (χ0v) is 13.8. The summed E-state index contributed by atoms with van der Waals surface area (Å²) in [5.74, 6) is -2.24. The third-order valence-electron chi connectivity index (χ3n) is 4.18. The molecule has 2 aromatic carbocycles. The number of aryl methyl sites for hydroxylation is 1. The van der Waals surface area contributed by atoms with Gasteiger partial charge in [-0.25, -0.2) is 12.8 Å². The van der Waals surface area contributed by atoms with Crippen molar-refractivity contribution in [3.05, 3.63) is 59.4 Å². The molecule has 0 fully saturated rings. The Balaban J connectivity index is 2.09. The van der Waals surface area contributed by atoms with Gasteiger partial charge >= 0.3 is 5.97 Å². The monoisotopic (exact) mass is 349 g/mol. The van der Waals surface area contributed by atoms with Crippen molar-refractivity contribution in [1.82, 2.24) is 0 Å². The third kappa shape index (κ3) is 2.65. The van der Waals surface area contributed by atoms with Crippen molar-refractivity contribution in [3.8, 4) is 0 Å². The molecule has 7 heteroatoms. The molecule has 2 aromatic rings. The molecule has 0 spiro atoms. The first kappa shape index (κ1) is 16.4. The number of rotatable bonds is 4. The number of hydrogen-bond donors (Lipinski definition) is 1. The minimum atomic E-state index is -4.11. The maximum absolute atomic E-state index is 14.3. The second-order valence-corrected chi connectivity index (χ2v) is 7.61. The van der Waals surface area contributed by atoms with E-state index in [1.54, 1.807) is 24.3 Å². The molecular weight excluding hydrogens is 333 g/mol. The van der Waals surface area contributed by atoms with E-state index in [0.29, 0.717) is 11.3 Å². The lowest BCUT2D eigenvalue weighted by Gasteiger charge is -2.20. The molecule has 126 valence electrons. The molecule has 0 radical (unpaired) electrons. The molecular formula is C17H16FNO4S. The molecule has 24 heavy (non-hydrogen) atoms. The van der Waals surface area contributed by atoms with Gasteiger partial charge in [0.15, 0.2) is 0 Å². The number of halogens is 1. The molecule has 1 N–H and O–H groups in total. The number of carbonyl (C=O) groups is 1. The SMILES string of the molecule is Cc1cccc(S(=O)(=O)N2CC(CC(=O)O)c3ccccc32)c1F. The average Bonchev–Trinajstić information content (AvgIpc) is 2.89. The number of carboxylic acids is 1. The van der Waals surface area contributed by atoms with Crippen LogP contribution in [-0.2, 0) is 14.8 Å². The van der Waals surface area contributed by atoms with Gasteiger partial charge in [0.05, 0.1) is 12.1 Å². The Hall–Kier alpha value is -2.41. The van der Waals surface area contributed by atoms with Crippen LogP contribution in [0.1, 0.15) is 23.5 Å². The molecule has 1 unspecified atom stereocenters. The summed E-state index contributed by atoms with van der Waals surface area (Å²) in [5, 5.41) is 9.06. The van der Waals surface area contributed by atoms with Crippen LogP contribution in [0.15, 0.2) is 47.4 Å². The number of aliphatic carboxylic acids is 1. The predicted octanol–water partition coefficient (Wildman–Crippen LogP) is 2.90. The smallest absolute Gasteiger partial charge is 0.304 e. The largest absolute Gasteiger partial charge is 0.481 e. The fourth-order valence-electron chi connectivity index (χ4n) is 3.01. The van der Waals surface area contributed by atoms with Gasteiger partial charge in [-0.3, -0.25) is 9.10 Å². The van der Waals surface area contributed by atoms with E-state index in [1.807, 2.05) is 0 Å². The topological polar surface area (TPSA) is 74.7 Å². The van der Waals surface area contributed by atoms with Crippen LogP contribution in [0.4, 0.5) is 10.1 Å². The molecule has 3 rings (SSSR count). The van der Waals surface area contributed by atoms with Gasteiger partial charge in [-0.1, -0.05) is 30.3 Å². The number of hydrogen-bond acceptors (Lipinski definition) is 3. The lowest BCUT2D eigenvalue weighted by molar-refractivity contribution is -0.137. The van der Waals surface area contributed by atoms with Crippen molar-refractivity contribution in [2.24, 2.45) is 0 Å². The van der Waals surface area contributed by atoms with Gasteiger partial charge in [0.1, 0.15) is 10.7 Å². The molecule has 0 amide bonds. The molecule has 0 saturated carbocycles. The van der Waals surface area contributed by atoms with Crippen LogP contribution < -0.4 is 4.31 Å². The van der Waals surface area contributed by atoms with Crippen molar-refractivity contribution < 1.29 is 22.7 Å². The Kier molecular flexibility index (Phi) is 4.04. The first-order chi connectivity index (χ1) is 11.3. The van der Waals surface area contributed by atoms with Crippen molar-refractivity contribution >= 4 is 21.7 Å². The lowest BCUT2D eigenvalue weighted by Crippen LogP contribution is -2.31. The van der Waals surface area contributed by atoms with E-state index in [2.05, 4.69) is 0 Å². The van der Waals surface area contributed by atoms with Crippen LogP contribution in [0.25, 0.3) is 0 Å². The number of fused-ring (bicyclic) bond motifs is 1. The Morgan fingerprint density at radius 1 is 1.25 bits per heavy atom. The van der Waals surface area contributed by atoms with Gasteiger partial charge in [0.25, 0.3) is 10.0 Å². The number of carboxylic acid groups (broad SMARTS) is 1. The molecule has 1 heterocycles. The van der Waals surface area contributed by atoms with E-state index in [9.17, 15) is 17.6 Å².